The highest BCUT2D eigenvalue weighted by Gasteiger charge is 2.39. The van der Waals surface area contributed by atoms with Gasteiger partial charge in [0.2, 0.25) is 5.91 Å². The van der Waals surface area contributed by atoms with Crippen molar-refractivity contribution in [2.45, 2.75) is 109 Å². The van der Waals surface area contributed by atoms with Gasteiger partial charge in [-0.2, -0.15) is 11.8 Å². The smallest absolute Gasteiger partial charge is 0.329 e. The number of rotatable bonds is 17. The quantitative estimate of drug-likeness (QED) is 0.205. The van der Waals surface area contributed by atoms with Crippen molar-refractivity contribution in [1.29, 1.82) is 0 Å². The molecule has 2 saturated heterocycles. The fourth-order valence-corrected chi connectivity index (χ4v) is 6.71. The first-order valence-electron chi connectivity index (χ1n) is 15.7. The van der Waals surface area contributed by atoms with E-state index in [0.29, 0.717) is 31.9 Å². The highest BCUT2D eigenvalue weighted by atomic mass is 32.2. The maximum absolute atomic E-state index is 13.5. The van der Waals surface area contributed by atoms with E-state index in [9.17, 15) is 14.4 Å². The Morgan fingerprint density at radius 2 is 1.78 bits per heavy atom. The number of piperidine rings is 1. The molecule has 1 unspecified atom stereocenters. The number of esters is 2. The number of amides is 1. The van der Waals surface area contributed by atoms with E-state index in [1.54, 1.807) is 30.5 Å². The number of hydrogen-bond donors (Lipinski definition) is 1. The van der Waals surface area contributed by atoms with Gasteiger partial charge in [0.1, 0.15) is 18.2 Å². The van der Waals surface area contributed by atoms with Crippen molar-refractivity contribution in [2.24, 2.45) is 0 Å². The third-order valence-electron chi connectivity index (χ3n) is 7.87. The molecule has 0 saturated carbocycles. The number of carbonyl (C=O) groups is 3. The molecule has 1 amide bonds. The van der Waals surface area contributed by atoms with E-state index in [0.717, 1.165) is 44.5 Å². The van der Waals surface area contributed by atoms with E-state index in [4.69, 9.17) is 9.47 Å². The molecular formula is C32H51N3O5S. The molecule has 2 fully saturated rings. The monoisotopic (exact) mass is 589 g/mol. The minimum atomic E-state index is -0.612. The first-order chi connectivity index (χ1) is 19.9. The standard InChI is InChI=1S/C32H51N3O5S/c1-4-6-7-8-12-21-41-24-28(31(37)39-5-2)33-25(3)30(36)35-20-14-18-29(35)32(38)40-27-17-13-19-34(23-27)22-26-15-10-9-11-16-26/h9-11,15-16,25,27-29,33H,4-8,12-14,17-24H2,1-3H3/t25-,27?,28-,29-/m0/s1. The predicted octanol–water partition coefficient (Wildman–Crippen LogP) is 4.80. The Bertz CT molecular complexity index is 933. The van der Waals surface area contributed by atoms with Gasteiger partial charge in [0.05, 0.1) is 12.6 Å². The first-order valence-corrected chi connectivity index (χ1v) is 16.9. The Labute approximate surface area is 251 Å². The first kappa shape index (κ1) is 33.4. The van der Waals surface area contributed by atoms with Crippen molar-refractivity contribution in [3.63, 3.8) is 0 Å². The fourth-order valence-electron chi connectivity index (χ4n) is 5.67. The number of ether oxygens (including phenoxy) is 2. The van der Waals surface area contributed by atoms with Crippen LogP contribution in [0.5, 0.6) is 0 Å². The van der Waals surface area contributed by atoms with Crippen molar-refractivity contribution in [3.8, 4) is 0 Å². The van der Waals surface area contributed by atoms with Crippen LogP contribution in [0.25, 0.3) is 0 Å². The average Bonchev–Trinajstić information content (AvgIpc) is 3.47. The molecule has 2 aliphatic rings. The van der Waals surface area contributed by atoms with Gasteiger partial charge in [-0.1, -0.05) is 62.9 Å². The summed E-state index contributed by atoms with van der Waals surface area (Å²) < 4.78 is 11.3. The Morgan fingerprint density at radius 1 is 1.02 bits per heavy atom. The normalized spacial score (nSPS) is 20.9. The van der Waals surface area contributed by atoms with Gasteiger partial charge in [-0.05, 0) is 63.8 Å². The summed E-state index contributed by atoms with van der Waals surface area (Å²) in [5.74, 6) is 0.720. The van der Waals surface area contributed by atoms with Crippen LogP contribution >= 0.6 is 11.8 Å². The SMILES string of the molecule is CCCCCCCSC[C@H](N[C@@H](C)C(=O)N1CCC[C@H]1C(=O)OC1CCCN(Cc2ccccc2)C1)C(=O)OCC. The van der Waals surface area contributed by atoms with Gasteiger partial charge in [0.15, 0.2) is 0 Å². The number of unbranched alkanes of at least 4 members (excludes halogenated alkanes) is 4. The van der Waals surface area contributed by atoms with Crippen LogP contribution in [0.3, 0.4) is 0 Å². The van der Waals surface area contributed by atoms with Crippen molar-refractivity contribution >= 4 is 29.6 Å². The summed E-state index contributed by atoms with van der Waals surface area (Å²) in [6.07, 6.45) is 9.06. The molecular weight excluding hydrogens is 538 g/mol. The molecule has 0 spiro atoms. The fraction of sp³-hybridized carbons (Fsp3) is 0.719. The van der Waals surface area contributed by atoms with Crippen LogP contribution in [0.4, 0.5) is 0 Å². The Kier molecular flexibility index (Phi) is 15.0. The number of carbonyl (C=O) groups excluding carboxylic acids is 3. The van der Waals surface area contributed by atoms with Crippen molar-refractivity contribution in [1.82, 2.24) is 15.1 Å². The zero-order chi connectivity index (χ0) is 29.5. The van der Waals surface area contributed by atoms with Gasteiger partial charge < -0.3 is 14.4 Å². The molecule has 230 valence electrons. The number of benzene rings is 1. The van der Waals surface area contributed by atoms with Gasteiger partial charge in [-0.15, -0.1) is 0 Å². The summed E-state index contributed by atoms with van der Waals surface area (Å²) in [6, 6.07) is 8.58. The van der Waals surface area contributed by atoms with Gasteiger partial charge in [0, 0.05) is 25.4 Å². The molecule has 1 N–H and O–H groups in total. The summed E-state index contributed by atoms with van der Waals surface area (Å²) in [7, 11) is 0. The van der Waals surface area contributed by atoms with Gasteiger partial charge in [0.25, 0.3) is 0 Å². The van der Waals surface area contributed by atoms with E-state index in [1.165, 1.54) is 31.2 Å². The van der Waals surface area contributed by atoms with Crippen molar-refractivity contribution < 1.29 is 23.9 Å². The number of nitrogens with zero attached hydrogens (tertiary/aromatic N) is 2. The molecule has 3 rings (SSSR count). The second kappa shape index (κ2) is 18.4. The second-order valence-electron chi connectivity index (χ2n) is 11.3. The maximum Gasteiger partial charge on any atom is 0.329 e. The molecule has 41 heavy (non-hydrogen) atoms. The minimum Gasteiger partial charge on any atom is -0.465 e. The molecule has 8 nitrogen and oxygen atoms in total. The summed E-state index contributed by atoms with van der Waals surface area (Å²) in [6.45, 7) is 9.11. The van der Waals surface area contributed by atoms with Gasteiger partial charge in [-0.3, -0.25) is 19.8 Å². The number of likely N-dealkylation sites (tertiary alicyclic amines) is 2. The number of nitrogens with one attached hydrogen (secondary N) is 1. The van der Waals surface area contributed by atoms with E-state index >= 15 is 0 Å². The molecule has 0 aromatic heterocycles. The summed E-state index contributed by atoms with van der Waals surface area (Å²) in [4.78, 5) is 43.4. The lowest BCUT2D eigenvalue weighted by molar-refractivity contribution is -0.161. The highest BCUT2D eigenvalue weighted by Crippen LogP contribution is 2.23. The molecule has 1 aromatic rings. The third-order valence-corrected chi connectivity index (χ3v) is 9.02. The molecule has 0 aliphatic carbocycles. The lowest BCUT2D eigenvalue weighted by atomic mass is 10.1. The molecule has 0 bridgehead atoms. The molecule has 0 radical (unpaired) electrons. The van der Waals surface area contributed by atoms with Gasteiger partial charge in [-0.25, -0.2) is 4.79 Å². The summed E-state index contributed by atoms with van der Waals surface area (Å²) in [5, 5.41) is 3.21. The van der Waals surface area contributed by atoms with Crippen molar-refractivity contribution in [3.05, 3.63) is 35.9 Å². The third kappa shape index (κ3) is 11.2. The summed E-state index contributed by atoms with van der Waals surface area (Å²) in [5.41, 5.74) is 1.25. The Balaban J connectivity index is 1.50. The van der Waals surface area contributed by atoms with Crippen LogP contribution in [-0.2, 0) is 30.4 Å². The zero-order valence-corrected chi connectivity index (χ0v) is 26.2. The topological polar surface area (TPSA) is 88.2 Å². The average molecular weight is 590 g/mol. The maximum atomic E-state index is 13.5. The minimum absolute atomic E-state index is 0.166. The highest BCUT2D eigenvalue weighted by molar-refractivity contribution is 7.99. The van der Waals surface area contributed by atoms with Crippen LogP contribution in [0.15, 0.2) is 30.3 Å². The lowest BCUT2D eigenvalue weighted by Crippen LogP contribution is -2.54. The Morgan fingerprint density at radius 3 is 2.54 bits per heavy atom. The number of hydrogen-bond acceptors (Lipinski definition) is 8. The van der Waals surface area contributed by atoms with Crippen LogP contribution in [0.2, 0.25) is 0 Å². The van der Waals surface area contributed by atoms with E-state index in [2.05, 4.69) is 29.3 Å². The van der Waals surface area contributed by atoms with E-state index < -0.39 is 18.1 Å². The largest absolute Gasteiger partial charge is 0.465 e. The van der Waals surface area contributed by atoms with Crippen LogP contribution in [0, 0.1) is 0 Å². The van der Waals surface area contributed by atoms with E-state index in [1.807, 2.05) is 18.2 Å². The van der Waals surface area contributed by atoms with E-state index in [-0.39, 0.29) is 23.9 Å². The lowest BCUT2D eigenvalue weighted by Gasteiger charge is -2.34. The zero-order valence-electron chi connectivity index (χ0n) is 25.4. The van der Waals surface area contributed by atoms with Crippen molar-refractivity contribution in [2.75, 3.05) is 37.7 Å². The molecule has 4 atom stereocenters. The van der Waals surface area contributed by atoms with Crippen LogP contribution < -0.4 is 5.32 Å². The van der Waals surface area contributed by atoms with Crippen LogP contribution in [0.1, 0.15) is 84.1 Å². The predicted molar refractivity (Wildman–Crippen MR) is 165 cm³/mol. The second-order valence-corrected chi connectivity index (χ2v) is 12.4. The summed E-state index contributed by atoms with van der Waals surface area (Å²) >= 11 is 1.72. The van der Waals surface area contributed by atoms with Gasteiger partial charge >= 0.3 is 11.9 Å². The molecule has 2 heterocycles. The molecule has 2 aliphatic heterocycles. The number of thioether (sulfide) groups is 1. The molecule has 9 heteroatoms. The Hall–Kier alpha value is -2.10. The molecule has 1 aromatic carbocycles. The van der Waals surface area contributed by atoms with Crippen LogP contribution in [-0.4, -0.2) is 89.6 Å².